The molecule has 1 aromatic carbocycles. The van der Waals surface area contributed by atoms with Crippen LogP contribution in [0.3, 0.4) is 0 Å². The number of benzene rings is 1. The van der Waals surface area contributed by atoms with Crippen LogP contribution < -0.4 is 17.0 Å². The molecule has 0 bridgehead atoms. The number of nitrogens with zero attached hydrogens (tertiary/aromatic N) is 2. The van der Waals surface area contributed by atoms with Crippen molar-refractivity contribution in [1.29, 1.82) is 0 Å². The number of fused-ring (bicyclic) bond motifs is 1. The van der Waals surface area contributed by atoms with Gasteiger partial charge in [0, 0.05) is 7.05 Å². The molecule has 0 saturated heterocycles. The third-order valence-electron chi connectivity index (χ3n) is 2.50. The van der Waals surface area contributed by atoms with Crippen LogP contribution in [-0.4, -0.2) is 9.13 Å². The van der Waals surface area contributed by atoms with Gasteiger partial charge in [-0.2, -0.15) is 0 Å². The third kappa shape index (κ3) is 1.36. The Bertz CT molecular complexity index is 672. The van der Waals surface area contributed by atoms with Crippen molar-refractivity contribution in [2.45, 2.75) is 6.67 Å². The van der Waals surface area contributed by atoms with Crippen LogP contribution in [0.5, 0.6) is 0 Å². The number of hydrogen-bond acceptors (Lipinski definition) is 3. The molecule has 16 heavy (non-hydrogen) atoms. The summed E-state index contributed by atoms with van der Waals surface area (Å²) < 4.78 is 2.30. The van der Waals surface area contributed by atoms with Crippen LogP contribution in [0, 0.1) is 0 Å². The van der Waals surface area contributed by atoms with E-state index in [1.807, 2.05) is 0 Å². The molecule has 2 rings (SSSR count). The molecule has 2 aromatic rings. The van der Waals surface area contributed by atoms with E-state index in [0.29, 0.717) is 15.9 Å². The summed E-state index contributed by atoms with van der Waals surface area (Å²) >= 11 is 5.96. The van der Waals surface area contributed by atoms with Crippen LogP contribution in [0.1, 0.15) is 0 Å². The Labute approximate surface area is 95.7 Å². The summed E-state index contributed by atoms with van der Waals surface area (Å²) in [6.07, 6.45) is 0. The number of rotatable bonds is 1. The van der Waals surface area contributed by atoms with Gasteiger partial charge in [-0.1, -0.05) is 17.7 Å². The van der Waals surface area contributed by atoms with Crippen LogP contribution in [0.4, 0.5) is 0 Å². The molecule has 0 atom stereocenters. The van der Waals surface area contributed by atoms with Gasteiger partial charge in [0.25, 0.3) is 5.56 Å². The standard InChI is InChI=1S/C10H10ClN3O2/c1-13-8-6(3-2-4-7(8)11)9(15)14(5-12)10(13)16/h2-4H,5,12H2,1H3. The van der Waals surface area contributed by atoms with Gasteiger partial charge in [-0.05, 0) is 12.1 Å². The average molecular weight is 240 g/mol. The summed E-state index contributed by atoms with van der Waals surface area (Å²) in [6, 6.07) is 4.92. The van der Waals surface area contributed by atoms with Gasteiger partial charge >= 0.3 is 5.69 Å². The fraction of sp³-hybridized carbons (Fsp3) is 0.200. The minimum absolute atomic E-state index is 0.145. The summed E-state index contributed by atoms with van der Waals surface area (Å²) in [5, 5.41) is 0.762. The van der Waals surface area contributed by atoms with E-state index in [1.54, 1.807) is 25.2 Å². The monoisotopic (exact) mass is 239 g/mol. The second-order valence-electron chi connectivity index (χ2n) is 3.39. The van der Waals surface area contributed by atoms with Gasteiger partial charge in [-0.15, -0.1) is 0 Å². The summed E-state index contributed by atoms with van der Waals surface area (Å²) in [4.78, 5) is 23.7. The van der Waals surface area contributed by atoms with Crippen molar-refractivity contribution in [3.05, 3.63) is 44.1 Å². The molecule has 0 amide bonds. The van der Waals surface area contributed by atoms with Crippen molar-refractivity contribution < 1.29 is 0 Å². The predicted octanol–water partition coefficient (Wildman–Crippen LogP) is 0.270. The van der Waals surface area contributed by atoms with E-state index in [-0.39, 0.29) is 6.67 Å². The highest BCUT2D eigenvalue weighted by molar-refractivity contribution is 6.35. The van der Waals surface area contributed by atoms with Crippen molar-refractivity contribution in [3.63, 3.8) is 0 Å². The van der Waals surface area contributed by atoms with E-state index < -0.39 is 11.2 Å². The van der Waals surface area contributed by atoms with E-state index >= 15 is 0 Å². The zero-order chi connectivity index (χ0) is 11.9. The van der Waals surface area contributed by atoms with E-state index in [1.165, 1.54) is 4.57 Å². The zero-order valence-corrected chi connectivity index (χ0v) is 9.36. The minimum atomic E-state index is -0.465. The molecule has 5 nitrogen and oxygen atoms in total. The number of para-hydroxylation sites is 1. The molecular formula is C10H10ClN3O2. The average Bonchev–Trinajstić information content (AvgIpc) is 2.27. The van der Waals surface area contributed by atoms with Crippen molar-refractivity contribution in [2.24, 2.45) is 12.8 Å². The summed E-state index contributed by atoms with van der Waals surface area (Å²) in [5.41, 5.74) is 4.92. The van der Waals surface area contributed by atoms with Crippen molar-refractivity contribution in [2.75, 3.05) is 0 Å². The Morgan fingerprint density at radius 1 is 1.38 bits per heavy atom. The summed E-state index contributed by atoms with van der Waals surface area (Å²) in [6.45, 7) is -0.145. The Morgan fingerprint density at radius 2 is 2.06 bits per heavy atom. The summed E-state index contributed by atoms with van der Waals surface area (Å²) in [5.74, 6) is 0. The number of nitrogens with two attached hydrogens (primary N) is 1. The molecule has 0 saturated carbocycles. The molecule has 0 aliphatic heterocycles. The Kier molecular flexibility index (Phi) is 2.57. The molecule has 0 fully saturated rings. The maximum absolute atomic E-state index is 11.9. The second kappa shape index (κ2) is 3.77. The topological polar surface area (TPSA) is 70.0 Å². The number of halogens is 1. The number of aryl methyl sites for hydroxylation is 1. The first-order valence-corrected chi connectivity index (χ1v) is 5.04. The highest BCUT2D eigenvalue weighted by Crippen LogP contribution is 2.18. The Balaban J connectivity index is 3.15. The smallest absolute Gasteiger partial charge is 0.313 e. The fourth-order valence-electron chi connectivity index (χ4n) is 1.70. The van der Waals surface area contributed by atoms with Crippen LogP contribution in [0.25, 0.3) is 10.9 Å². The normalized spacial score (nSPS) is 10.9. The van der Waals surface area contributed by atoms with E-state index in [0.717, 1.165) is 4.57 Å². The molecule has 2 N–H and O–H groups in total. The lowest BCUT2D eigenvalue weighted by atomic mass is 10.2. The maximum Gasteiger partial charge on any atom is 0.332 e. The first kappa shape index (κ1) is 10.9. The molecule has 0 unspecified atom stereocenters. The van der Waals surface area contributed by atoms with Crippen LogP contribution in [0.2, 0.25) is 5.02 Å². The predicted molar refractivity (Wildman–Crippen MR) is 62.6 cm³/mol. The fourth-order valence-corrected chi connectivity index (χ4v) is 2.00. The SMILES string of the molecule is Cn1c(=O)n(CN)c(=O)c2cccc(Cl)c21. The van der Waals surface area contributed by atoms with Gasteiger partial charge in [-0.25, -0.2) is 9.36 Å². The highest BCUT2D eigenvalue weighted by Gasteiger charge is 2.11. The molecule has 0 aliphatic rings. The lowest BCUT2D eigenvalue weighted by Gasteiger charge is -2.09. The van der Waals surface area contributed by atoms with Crippen molar-refractivity contribution in [1.82, 2.24) is 9.13 Å². The second-order valence-corrected chi connectivity index (χ2v) is 3.80. The van der Waals surface area contributed by atoms with Gasteiger partial charge in [0.2, 0.25) is 0 Å². The Hall–Kier alpha value is -1.59. The van der Waals surface area contributed by atoms with Gasteiger partial charge in [-0.3, -0.25) is 9.36 Å². The molecule has 0 spiro atoms. The number of aromatic nitrogens is 2. The maximum atomic E-state index is 11.9. The van der Waals surface area contributed by atoms with Crippen molar-refractivity contribution >= 4 is 22.5 Å². The molecule has 0 aliphatic carbocycles. The summed E-state index contributed by atoms with van der Waals surface area (Å²) in [7, 11) is 1.56. The zero-order valence-electron chi connectivity index (χ0n) is 8.61. The molecule has 1 heterocycles. The Morgan fingerprint density at radius 3 is 2.69 bits per heavy atom. The minimum Gasteiger partial charge on any atom is -0.313 e. The van der Waals surface area contributed by atoms with E-state index in [4.69, 9.17) is 17.3 Å². The van der Waals surface area contributed by atoms with Gasteiger partial charge in [0.1, 0.15) is 0 Å². The van der Waals surface area contributed by atoms with E-state index in [9.17, 15) is 9.59 Å². The highest BCUT2D eigenvalue weighted by atomic mass is 35.5. The molecule has 1 aromatic heterocycles. The quantitative estimate of drug-likeness (QED) is 0.777. The largest absolute Gasteiger partial charge is 0.332 e. The van der Waals surface area contributed by atoms with Crippen LogP contribution in [-0.2, 0) is 13.7 Å². The third-order valence-corrected chi connectivity index (χ3v) is 2.80. The first-order valence-electron chi connectivity index (χ1n) is 4.66. The van der Waals surface area contributed by atoms with Gasteiger partial charge in [0.05, 0.1) is 22.6 Å². The van der Waals surface area contributed by atoms with E-state index in [2.05, 4.69) is 0 Å². The molecule has 84 valence electrons. The van der Waals surface area contributed by atoms with Crippen LogP contribution >= 0.6 is 11.6 Å². The number of hydrogen-bond donors (Lipinski definition) is 1. The van der Waals surface area contributed by atoms with Gasteiger partial charge in [0.15, 0.2) is 0 Å². The molecule has 0 radical (unpaired) electrons. The lowest BCUT2D eigenvalue weighted by Crippen LogP contribution is -2.41. The lowest BCUT2D eigenvalue weighted by molar-refractivity contribution is 0.623. The van der Waals surface area contributed by atoms with Gasteiger partial charge < -0.3 is 5.73 Å². The first-order chi connectivity index (χ1) is 7.57. The molecular weight excluding hydrogens is 230 g/mol. The van der Waals surface area contributed by atoms with Crippen LogP contribution in [0.15, 0.2) is 27.8 Å². The molecule has 6 heteroatoms. The van der Waals surface area contributed by atoms with Crippen molar-refractivity contribution in [3.8, 4) is 0 Å².